The van der Waals surface area contributed by atoms with Crippen LogP contribution in [-0.2, 0) is 0 Å². The number of halogens is 1. The van der Waals surface area contributed by atoms with Gasteiger partial charge in [0.25, 0.3) is 0 Å². The van der Waals surface area contributed by atoms with E-state index in [4.69, 9.17) is 22.1 Å². The second-order valence-electron chi connectivity index (χ2n) is 4.34. The molecule has 0 fully saturated rings. The minimum Gasteiger partial charge on any atom is -0.492 e. The van der Waals surface area contributed by atoms with Gasteiger partial charge >= 0.3 is 0 Å². The Labute approximate surface area is 121 Å². The Balaban J connectivity index is 2.26. The Morgan fingerprint density at radius 1 is 1.25 bits per heavy atom. The van der Waals surface area contributed by atoms with Crippen LogP contribution in [0.2, 0.25) is 5.02 Å². The Morgan fingerprint density at radius 2 is 2.05 bits per heavy atom. The lowest BCUT2D eigenvalue weighted by Crippen LogP contribution is -2.00. The number of fused-ring (bicyclic) bond motifs is 1. The third-order valence-corrected chi connectivity index (χ3v) is 3.28. The second kappa shape index (κ2) is 5.06. The first-order valence-electron chi connectivity index (χ1n) is 6.36. The maximum atomic E-state index is 6.05. The predicted molar refractivity (Wildman–Crippen MR) is 81.7 cm³/mol. The highest BCUT2D eigenvalue weighted by Crippen LogP contribution is 2.30. The lowest BCUT2D eigenvalue weighted by atomic mass is 10.2. The third-order valence-electron chi connectivity index (χ3n) is 3.04. The van der Waals surface area contributed by atoms with Gasteiger partial charge in [0.2, 0.25) is 5.95 Å². The third kappa shape index (κ3) is 2.08. The van der Waals surface area contributed by atoms with Crippen molar-refractivity contribution in [3.63, 3.8) is 0 Å². The largest absolute Gasteiger partial charge is 0.492 e. The average Bonchev–Trinajstić information content (AvgIpc) is 2.76. The Kier molecular flexibility index (Phi) is 3.24. The zero-order chi connectivity index (χ0) is 14.1. The predicted octanol–water partition coefficient (Wildman–Crippen LogP) is 3.66. The standard InChI is InChI=1S/C15H14ClN3O/c1-2-20-13-8-4-7-12-14(13)18-15(17)19(12)11-6-3-5-10(16)9-11/h3-9H,2H2,1H3,(H2,17,18). The minimum absolute atomic E-state index is 0.411. The molecule has 5 heteroatoms. The van der Waals surface area contributed by atoms with E-state index in [1.54, 1.807) is 0 Å². The number of anilines is 1. The Bertz CT molecular complexity index is 767. The first-order chi connectivity index (χ1) is 9.70. The zero-order valence-electron chi connectivity index (χ0n) is 11.0. The first kappa shape index (κ1) is 12.8. The van der Waals surface area contributed by atoms with E-state index in [-0.39, 0.29) is 0 Å². The summed E-state index contributed by atoms with van der Waals surface area (Å²) in [6.07, 6.45) is 0. The molecule has 1 aromatic heterocycles. The summed E-state index contributed by atoms with van der Waals surface area (Å²) in [5.41, 5.74) is 8.59. The van der Waals surface area contributed by atoms with Crippen molar-refractivity contribution >= 4 is 28.6 Å². The van der Waals surface area contributed by atoms with E-state index in [1.165, 1.54) is 0 Å². The van der Waals surface area contributed by atoms with Gasteiger partial charge in [0.1, 0.15) is 11.3 Å². The number of imidazole rings is 1. The molecule has 0 saturated heterocycles. The number of nitrogens with zero attached hydrogens (tertiary/aromatic N) is 2. The van der Waals surface area contributed by atoms with Crippen LogP contribution in [0.3, 0.4) is 0 Å². The highest BCUT2D eigenvalue weighted by molar-refractivity contribution is 6.30. The molecule has 0 saturated carbocycles. The normalized spacial score (nSPS) is 10.9. The molecule has 0 aliphatic carbocycles. The molecule has 0 unspecified atom stereocenters. The van der Waals surface area contributed by atoms with Crippen molar-refractivity contribution in [2.45, 2.75) is 6.92 Å². The van der Waals surface area contributed by atoms with Crippen molar-refractivity contribution in [1.29, 1.82) is 0 Å². The molecular weight excluding hydrogens is 274 g/mol. The summed E-state index contributed by atoms with van der Waals surface area (Å²) in [6, 6.07) is 13.3. The van der Waals surface area contributed by atoms with Crippen molar-refractivity contribution in [3.8, 4) is 11.4 Å². The van der Waals surface area contributed by atoms with Crippen LogP contribution in [-0.4, -0.2) is 16.2 Å². The summed E-state index contributed by atoms with van der Waals surface area (Å²) < 4.78 is 7.45. The molecule has 2 aromatic carbocycles. The molecule has 3 rings (SSSR count). The van der Waals surface area contributed by atoms with Gasteiger partial charge in [0.05, 0.1) is 17.8 Å². The van der Waals surface area contributed by atoms with Crippen LogP contribution in [0.25, 0.3) is 16.7 Å². The van der Waals surface area contributed by atoms with Gasteiger partial charge in [-0.25, -0.2) is 4.98 Å². The lowest BCUT2D eigenvalue weighted by Gasteiger charge is -2.07. The summed E-state index contributed by atoms with van der Waals surface area (Å²) >= 11 is 6.05. The fourth-order valence-electron chi connectivity index (χ4n) is 2.25. The van der Waals surface area contributed by atoms with E-state index in [9.17, 15) is 0 Å². The maximum Gasteiger partial charge on any atom is 0.206 e. The number of para-hydroxylation sites is 1. The van der Waals surface area contributed by atoms with E-state index in [2.05, 4.69) is 4.98 Å². The molecule has 0 atom stereocenters. The number of benzene rings is 2. The van der Waals surface area contributed by atoms with Crippen molar-refractivity contribution in [3.05, 3.63) is 47.5 Å². The number of nitrogen functional groups attached to an aromatic ring is 1. The first-order valence-corrected chi connectivity index (χ1v) is 6.74. The number of hydrogen-bond acceptors (Lipinski definition) is 3. The van der Waals surface area contributed by atoms with Gasteiger partial charge in [0, 0.05) is 5.02 Å². The van der Waals surface area contributed by atoms with Crippen LogP contribution in [0, 0.1) is 0 Å². The summed E-state index contributed by atoms with van der Waals surface area (Å²) in [7, 11) is 0. The van der Waals surface area contributed by atoms with Crippen molar-refractivity contribution in [2.75, 3.05) is 12.3 Å². The molecule has 0 spiro atoms. The Hall–Kier alpha value is -2.20. The molecule has 0 bridgehead atoms. The zero-order valence-corrected chi connectivity index (χ0v) is 11.8. The molecule has 1 heterocycles. The van der Waals surface area contributed by atoms with E-state index < -0.39 is 0 Å². The fraction of sp³-hybridized carbons (Fsp3) is 0.133. The molecular formula is C15H14ClN3O. The van der Waals surface area contributed by atoms with Gasteiger partial charge in [-0.15, -0.1) is 0 Å². The van der Waals surface area contributed by atoms with Gasteiger partial charge < -0.3 is 10.5 Å². The van der Waals surface area contributed by atoms with E-state index in [0.717, 1.165) is 22.5 Å². The maximum absolute atomic E-state index is 6.05. The van der Waals surface area contributed by atoms with Gasteiger partial charge in [-0.1, -0.05) is 23.7 Å². The quantitative estimate of drug-likeness (QED) is 0.800. The number of ether oxygens (including phenoxy) is 1. The van der Waals surface area contributed by atoms with E-state index >= 15 is 0 Å². The molecule has 2 N–H and O–H groups in total. The molecule has 4 nitrogen and oxygen atoms in total. The van der Waals surface area contributed by atoms with Gasteiger partial charge in [-0.2, -0.15) is 0 Å². The van der Waals surface area contributed by atoms with Crippen LogP contribution in [0.4, 0.5) is 5.95 Å². The Morgan fingerprint density at radius 3 is 2.80 bits per heavy atom. The molecule has 102 valence electrons. The van der Waals surface area contributed by atoms with Crippen molar-refractivity contribution in [1.82, 2.24) is 9.55 Å². The summed E-state index contributed by atoms with van der Waals surface area (Å²) in [5.74, 6) is 1.15. The fourth-order valence-corrected chi connectivity index (χ4v) is 2.43. The summed E-state index contributed by atoms with van der Waals surface area (Å²) in [5, 5.41) is 0.657. The average molecular weight is 288 g/mol. The van der Waals surface area contributed by atoms with Crippen molar-refractivity contribution < 1.29 is 4.74 Å². The number of aromatic nitrogens is 2. The topological polar surface area (TPSA) is 53.1 Å². The summed E-state index contributed by atoms with van der Waals surface area (Å²) in [6.45, 7) is 2.53. The van der Waals surface area contributed by atoms with Crippen molar-refractivity contribution in [2.24, 2.45) is 0 Å². The van der Waals surface area contributed by atoms with Gasteiger partial charge in [0.15, 0.2) is 0 Å². The van der Waals surface area contributed by atoms with Crippen LogP contribution >= 0.6 is 11.6 Å². The minimum atomic E-state index is 0.411. The highest BCUT2D eigenvalue weighted by atomic mass is 35.5. The molecule has 0 aliphatic rings. The van der Waals surface area contributed by atoms with Gasteiger partial charge in [-0.3, -0.25) is 4.57 Å². The number of nitrogens with two attached hydrogens (primary N) is 1. The molecule has 0 radical (unpaired) electrons. The van der Waals surface area contributed by atoms with Crippen LogP contribution < -0.4 is 10.5 Å². The summed E-state index contributed by atoms with van der Waals surface area (Å²) in [4.78, 5) is 4.41. The lowest BCUT2D eigenvalue weighted by molar-refractivity contribution is 0.344. The highest BCUT2D eigenvalue weighted by Gasteiger charge is 2.13. The van der Waals surface area contributed by atoms with Gasteiger partial charge in [-0.05, 0) is 37.3 Å². The smallest absolute Gasteiger partial charge is 0.206 e. The van der Waals surface area contributed by atoms with Crippen LogP contribution in [0.1, 0.15) is 6.92 Å². The molecule has 3 aromatic rings. The molecule has 0 amide bonds. The SMILES string of the molecule is CCOc1cccc2c1nc(N)n2-c1cccc(Cl)c1. The number of hydrogen-bond donors (Lipinski definition) is 1. The van der Waals surface area contributed by atoms with Crippen LogP contribution in [0.5, 0.6) is 5.75 Å². The molecule has 0 aliphatic heterocycles. The van der Waals surface area contributed by atoms with E-state index in [1.807, 2.05) is 54.0 Å². The second-order valence-corrected chi connectivity index (χ2v) is 4.78. The number of rotatable bonds is 3. The van der Waals surface area contributed by atoms with E-state index in [0.29, 0.717) is 17.6 Å². The monoisotopic (exact) mass is 287 g/mol. The van der Waals surface area contributed by atoms with Crippen LogP contribution in [0.15, 0.2) is 42.5 Å². The molecule has 20 heavy (non-hydrogen) atoms.